The summed E-state index contributed by atoms with van der Waals surface area (Å²) in [6.07, 6.45) is 4.45. The maximum atomic E-state index is 10.1. The van der Waals surface area contributed by atoms with Gasteiger partial charge in [0, 0.05) is 12.8 Å². The van der Waals surface area contributed by atoms with Gasteiger partial charge in [-0.2, -0.15) is 0 Å². The predicted molar refractivity (Wildman–Crippen MR) is 95.7 cm³/mol. The molecule has 10 nitrogen and oxygen atoms in total. The Bertz CT molecular complexity index is 753. The zero-order chi connectivity index (χ0) is 18.7. The minimum absolute atomic E-state index is 0.119. The van der Waals surface area contributed by atoms with E-state index in [2.05, 4.69) is 15.0 Å². The molecule has 1 saturated heterocycles. The number of aliphatic hydroxyl groups excluding tert-OH is 2. The Morgan fingerprint density at radius 1 is 1.27 bits per heavy atom. The van der Waals surface area contributed by atoms with Gasteiger partial charge < -0.3 is 26.4 Å². The second-order valence-electron chi connectivity index (χ2n) is 6.70. The minimum Gasteiger partial charge on any atom is -0.394 e. The molecule has 0 bridgehead atoms. The third-order valence-electron chi connectivity index (χ3n) is 4.74. The molecule has 10 heteroatoms. The van der Waals surface area contributed by atoms with Crippen molar-refractivity contribution in [2.24, 2.45) is 11.5 Å². The zero-order valence-electron chi connectivity index (χ0n) is 14.7. The van der Waals surface area contributed by atoms with Gasteiger partial charge in [0.05, 0.1) is 12.7 Å². The highest BCUT2D eigenvalue weighted by molar-refractivity contribution is 5.82. The Labute approximate surface area is 151 Å². The van der Waals surface area contributed by atoms with E-state index in [0.717, 1.165) is 25.7 Å². The number of fused-ring (bicyclic) bond motifs is 1. The largest absolute Gasteiger partial charge is 0.394 e. The summed E-state index contributed by atoms with van der Waals surface area (Å²) in [5.74, 6) is -0.415. The first kappa shape index (κ1) is 18.9. The molecule has 3 atom stereocenters. The van der Waals surface area contributed by atoms with Crippen LogP contribution in [0, 0.1) is 0 Å². The van der Waals surface area contributed by atoms with Crippen LogP contribution in [0.3, 0.4) is 0 Å². The van der Waals surface area contributed by atoms with E-state index in [0.29, 0.717) is 30.0 Å². The Balaban J connectivity index is 1.94. The number of hydrogen-bond donors (Lipinski definition) is 5. The number of nitrogens with zero attached hydrogens (tertiary/aromatic N) is 4. The number of rotatable bonds is 8. The molecule has 0 saturated carbocycles. The summed E-state index contributed by atoms with van der Waals surface area (Å²) in [7, 11) is 0. The lowest BCUT2D eigenvalue weighted by Gasteiger charge is -2.27. The number of ether oxygens (including phenoxy) is 1. The first-order valence-corrected chi connectivity index (χ1v) is 8.94. The number of nitrogens with two attached hydrogens (primary N) is 3. The fourth-order valence-corrected chi connectivity index (χ4v) is 3.42. The number of nitrogen functional groups attached to an aromatic ring is 1. The SMILES string of the molecule is NCCCCCCc1nc2c(N)ncnc2n1[C@@]1(N)C[C@H](O)[C@@H](CO)O1. The maximum absolute atomic E-state index is 10.1. The van der Waals surface area contributed by atoms with Crippen molar-refractivity contribution in [3.05, 3.63) is 12.2 Å². The second kappa shape index (κ2) is 7.80. The van der Waals surface area contributed by atoms with Crippen LogP contribution in [-0.4, -0.2) is 55.1 Å². The molecule has 1 fully saturated rings. The minimum atomic E-state index is -1.35. The highest BCUT2D eigenvalue weighted by Gasteiger charge is 2.46. The smallest absolute Gasteiger partial charge is 0.204 e. The molecule has 0 aromatic carbocycles. The molecule has 0 radical (unpaired) electrons. The van der Waals surface area contributed by atoms with Crippen LogP contribution in [0.25, 0.3) is 11.2 Å². The van der Waals surface area contributed by atoms with E-state index in [1.807, 2.05) is 0 Å². The Morgan fingerprint density at radius 2 is 2.04 bits per heavy atom. The lowest BCUT2D eigenvalue weighted by Crippen LogP contribution is -2.44. The summed E-state index contributed by atoms with van der Waals surface area (Å²) in [6, 6.07) is 0. The molecule has 3 rings (SSSR count). The molecule has 0 spiro atoms. The molecule has 0 amide bonds. The van der Waals surface area contributed by atoms with Crippen molar-refractivity contribution in [3.8, 4) is 0 Å². The summed E-state index contributed by atoms with van der Waals surface area (Å²) < 4.78 is 7.45. The summed E-state index contributed by atoms with van der Waals surface area (Å²) in [6.45, 7) is 0.364. The van der Waals surface area contributed by atoms with Crippen molar-refractivity contribution in [3.63, 3.8) is 0 Å². The number of anilines is 1. The first-order valence-electron chi connectivity index (χ1n) is 8.94. The summed E-state index contributed by atoms with van der Waals surface area (Å²) in [4.78, 5) is 12.8. The van der Waals surface area contributed by atoms with Crippen molar-refractivity contribution in [2.75, 3.05) is 18.9 Å². The lowest BCUT2D eigenvalue weighted by molar-refractivity contribution is -0.112. The number of aryl methyl sites for hydroxylation is 1. The van der Waals surface area contributed by atoms with Gasteiger partial charge in [-0.15, -0.1) is 0 Å². The van der Waals surface area contributed by atoms with Gasteiger partial charge >= 0.3 is 0 Å². The fraction of sp³-hybridized carbons (Fsp3) is 0.688. The highest BCUT2D eigenvalue weighted by Crippen LogP contribution is 2.35. The monoisotopic (exact) mass is 365 g/mol. The van der Waals surface area contributed by atoms with Gasteiger partial charge in [-0.25, -0.2) is 15.0 Å². The first-order chi connectivity index (χ1) is 12.5. The molecule has 26 heavy (non-hydrogen) atoms. The van der Waals surface area contributed by atoms with Crippen LogP contribution in [0.4, 0.5) is 5.82 Å². The molecule has 3 heterocycles. The quantitative estimate of drug-likeness (QED) is 0.375. The van der Waals surface area contributed by atoms with Gasteiger partial charge in [0.1, 0.15) is 18.3 Å². The van der Waals surface area contributed by atoms with Crippen molar-refractivity contribution in [2.45, 2.75) is 56.6 Å². The van der Waals surface area contributed by atoms with Gasteiger partial charge in [-0.3, -0.25) is 10.3 Å². The van der Waals surface area contributed by atoms with Gasteiger partial charge in [0.25, 0.3) is 0 Å². The van der Waals surface area contributed by atoms with Crippen LogP contribution >= 0.6 is 0 Å². The third-order valence-corrected chi connectivity index (χ3v) is 4.74. The maximum Gasteiger partial charge on any atom is 0.204 e. The van der Waals surface area contributed by atoms with Gasteiger partial charge in [0.2, 0.25) is 5.85 Å². The average molecular weight is 365 g/mol. The van der Waals surface area contributed by atoms with Crippen LogP contribution in [-0.2, 0) is 17.0 Å². The summed E-state index contributed by atoms with van der Waals surface area (Å²) >= 11 is 0. The Hall–Kier alpha value is -1.85. The van der Waals surface area contributed by atoms with Crippen LogP contribution < -0.4 is 17.2 Å². The molecule has 2 aromatic heterocycles. The second-order valence-corrected chi connectivity index (χ2v) is 6.70. The van der Waals surface area contributed by atoms with E-state index in [-0.39, 0.29) is 18.8 Å². The summed E-state index contributed by atoms with van der Waals surface area (Å²) in [5, 5.41) is 19.5. The number of unbranched alkanes of at least 4 members (excludes halogenated alkanes) is 3. The number of aromatic nitrogens is 4. The van der Waals surface area contributed by atoms with E-state index in [1.165, 1.54) is 6.33 Å². The van der Waals surface area contributed by atoms with Gasteiger partial charge in [0.15, 0.2) is 17.0 Å². The number of aliphatic hydroxyl groups is 2. The number of imidazole rings is 1. The molecule has 1 aliphatic rings. The molecular weight excluding hydrogens is 338 g/mol. The van der Waals surface area contributed by atoms with Crippen LogP contribution in [0.2, 0.25) is 0 Å². The Kier molecular flexibility index (Phi) is 5.68. The average Bonchev–Trinajstić information content (AvgIpc) is 3.13. The van der Waals surface area contributed by atoms with Crippen molar-refractivity contribution in [1.82, 2.24) is 19.5 Å². The Morgan fingerprint density at radius 3 is 2.73 bits per heavy atom. The van der Waals surface area contributed by atoms with E-state index in [1.54, 1.807) is 4.57 Å². The van der Waals surface area contributed by atoms with Crippen LogP contribution in [0.5, 0.6) is 0 Å². The third kappa shape index (κ3) is 3.51. The zero-order valence-corrected chi connectivity index (χ0v) is 14.7. The highest BCUT2D eigenvalue weighted by atomic mass is 16.6. The van der Waals surface area contributed by atoms with Crippen LogP contribution in [0.1, 0.15) is 37.9 Å². The summed E-state index contributed by atoms with van der Waals surface area (Å²) in [5.41, 5.74) is 18.9. The standard InChI is InChI=1S/C16H27N7O3/c17-6-4-2-1-3-5-12-22-13-14(18)20-9-21-15(13)23(12)16(19)7-10(25)11(8-24)26-16/h9-11,24-25H,1-8,17,19H2,(H2,18,20,21)/t10-,11+,16-/m0/s1. The molecule has 0 aliphatic carbocycles. The molecule has 0 unspecified atom stereocenters. The molecule has 2 aromatic rings. The van der Waals surface area contributed by atoms with Gasteiger partial charge in [-0.1, -0.05) is 12.8 Å². The fourth-order valence-electron chi connectivity index (χ4n) is 3.42. The van der Waals surface area contributed by atoms with Crippen molar-refractivity contribution >= 4 is 17.0 Å². The van der Waals surface area contributed by atoms with E-state index in [9.17, 15) is 10.2 Å². The number of hydrogen-bond acceptors (Lipinski definition) is 9. The molecule has 144 valence electrons. The van der Waals surface area contributed by atoms with Crippen molar-refractivity contribution < 1.29 is 14.9 Å². The normalized spacial score (nSPS) is 26.0. The van der Waals surface area contributed by atoms with Crippen LogP contribution in [0.15, 0.2) is 6.33 Å². The predicted octanol–water partition coefficient (Wildman–Crippen LogP) is -0.819. The van der Waals surface area contributed by atoms with E-state index < -0.39 is 18.1 Å². The topological polar surface area (TPSA) is 171 Å². The lowest BCUT2D eigenvalue weighted by atomic mass is 10.1. The molecule has 8 N–H and O–H groups in total. The van der Waals surface area contributed by atoms with Crippen molar-refractivity contribution in [1.29, 1.82) is 0 Å². The van der Waals surface area contributed by atoms with E-state index in [4.69, 9.17) is 21.9 Å². The van der Waals surface area contributed by atoms with E-state index >= 15 is 0 Å². The molecular formula is C16H27N7O3. The van der Waals surface area contributed by atoms with Gasteiger partial charge in [-0.05, 0) is 19.4 Å². The molecule has 1 aliphatic heterocycles.